The summed E-state index contributed by atoms with van der Waals surface area (Å²) in [5.41, 5.74) is 1.79. The van der Waals surface area contributed by atoms with E-state index in [2.05, 4.69) is 0 Å². The summed E-state index contributed by atoms with van der Waals surface area (Å²) in [6.07, 6.45) is 1.80. The predicted molar refractivity (Wildman–Crippen MR) is 103 cm³/mol. The number of benzene rings is 1. The third-order valence-corrected chi connectivity index (χ3v) is 5.42. The SMILES string of the molecule is CCOC(=O)c1cc2c(cc1OCC)C(=O)N(CC1CCN(C(C)=O)CC1)C2. The Morgan fingerprint density at radius 3 is 2.46 bits per heavy atom. The van der Waals surface area contributed by atoms with Crippen LogP contribution in [0.15, 0.2) is 12.1 Å². The van der Waals surface area contributed by atoms with Crippen LogP contribution >= 0.6 is 0 Å². The molecular formula is C21H28N2O5. The minimum Gasteiger partial charge on any atom is -0.493 e. The van der Waals surface area contributed by atoms with Gasteiger partial charge < -0.3 is 19.3 Å². The summed E-state index contributed by atoms with van der Waals surface area (Å²) < 4.78 is 10.7. The fourth-order valence-electron chi connectivity index (χ4n) is 3.94. The van der Waals surface area contributed by atoms with E-state index in [0.717, 1.165) is 31.5 Å². The molecule has 0 radical (unpaired) electrons. The van der Waals surface area contributed by atoms with Crippen molar-refractivity contribution in [3.63, 3.8) is 0 Å². The monoisotopic (exact) mass is 388 g/mol. The molecule has 0 bridgehead atoms. The van der Waals surface area contributed by atoms with Crippen molar-refractivity contribution in [3.05, 3.63) is 28.8 Å². The maximum atomic E-state index is 12.9. The van der Waals surface area contributed by atoms with Gasteiger partial charge in [0.2, 0.25) is 5.91 Å². The number of piperidine rings is 1. The van der Waals surface area contributed by atoms with Gasteiger partial charge in [-0.15, -0.1) is 0 Å². The summed E-state index contributed by atoms with van der Waals surface area (Å²) in [5, 5.41) is 0. The Bertz CT molecular complexity index is 768. The third kappa shape index (κ3) is 4.13. The van der Waals surface area contributed by atoms with Crippen LogP contribution in [-0.2, 0) is 16.1 Å². The molecule has 2 heterocycles. The first-order chi connectivity index (χ1) is 13.4. The van der Waals surface area contributed by atoms with E-state index in [-0.39, 0.29) is 18.4 Å². The molecule has 1 fully saturated rings. The van der Waals surface area contributed by atoms with Crippen LogP contribution in [-0.4, -0.2) is 60.4 Å². The van der Waals surface area contributed by atoms with Gasteiger partial charge in [0.1, 0.15) is 11.3 Å². The summed E-state index contributed by atoms with van der Waals surface area (Å²) in [6.45, 7) is 8.52. The first-order valence-electron chi connectivity index (χ1n) is 9.96. The maximum absolute atomic E-state index is 12.9. The van der Waals surface area contributed by atoms with Gasteiger partial charge in [-0.25, -0.2) is 4.79 Å². The first-order valence-corrected chi connectivity index (χ1v) is 9.96. The second-order valence-electron chi connectivity index (χ2n) is 7.29. The third-order valence-electron chi connectivity index (χ3n) is 5.42. The molecule has 3 rings (SSSR count). The van der Waals surface area contributed by atoms with E-state index in [0.29, 0.717) is 42.5 Å². The van der Waals surface area contributed by atoms with Crippen molar-refractivity contribution in [2.45, 2.75) is 40.2 Å². The number of carbonyl (C=O) groups excluding carboxylic acids is 3. The molecule has 2 aliphatic heterocycles. The summed E-state index contributed by atoms with van der Waals surface area (Å²) in [7, 11) is 0. The zero-order valence-electron chi connectivity index (χ0n) is 16.8. The van der Waals surface area contributed by atoms with E-state index < -0.39 is 5.97 Å². The summed E-state index contributed by atoms with van der Waals surface area (Å²) in [5.74, 6) is 0.420. The van der Waals surface area contributed by atoms with Gasteiger partial charge in [-0.1, -0.05) is 0 Å². The van der Waals surface area contributed by atoms with Crippen molar-refractivity contribution in [2.24, 2.45) is 5.92 Å². The Morgan fingerprint density at radius 1 is 1.14 bits per heavy atom. The second kappa shape index (κ2) is 8.63. The number of likely N-dealkylation sites (tertiary alicyclic amines) is 1. The summed E-state index contributed by atoms with van der Waals surface area (Å²) in [6, 6.07) is 3.40. The highest BCUT2D eigenvalue weighted by Gasteiger charge is 2.33. The molecule has 1 aromatic rings. The topological polar surface area (TPSA) is 76.2 Å². The van der Waals surface area contributed by atoms with E-state index in [1.807, 2.05) is 16.7 Å². The van der Waals surface area contributed by atoms with Crippen molar-refractivity contribution >= 4 is 17.8 Å². The Morgan fingerprint density at radius 2 is 1.86 bits per heavy atom. The number of amides is 2. The van der Waals surface area contributed by atoms with Crippen molar-refractivity contribution in [2.75, 3.05) is 32.8 Å². The number of hydrogen-bond acceptors (Lipinski definition) is 5. The van der Waals surface area contributed by atoms with Crippen LogP contribution in [0.2, 0.25) is 0 Å². The number of nitrogens with zero attached hydrogens (tertiary/aromatic N) is 2. The highest BCUT2D eigenvalue weighted by molar-refractivity contribution is 6.01. The van der Waals surface area contributed by atoms with Gasteiger partial charge in [-0.3, -0.25) is 9.59 Å². The van der Waals surface area contributed by atoms with E-state index in [9.17, 15) is 14.4 Å². The van der Waals surface area contributed by atoms with Crippen LogP contribution in [0.5, 0.6) is 5.75 Å². The Hall–Kier alpha value is -2.57. The largest absolute Gasteiger partial charge is 0.493 e. The molecule has 7 nitrogen and oxygen atoms in total. The summed E-state index contributed by atoms with van der Waals surface area (Å²) in [4.78, 5) is 40.3. The molecule has 0 aliphatic carbocycles. The molecule has 28 heavy (non-hydrogen) atoms. The number of esters is 1. The van der Waals surface area contributed by atoms with E-state index in [1.165, 1.54) is 0 Å². The predicted octanol–water partition coefficient (Wildman–Crippen LogP) is 2.48. The van der Waals surface area contributed by atoms with Crippen molar-refractivity contribution in [3.8, 4) is 5.75 Å². The summed E-state index contributed by atoms with van der Waals surface area (Å²) >= 11 is 0. The molecule has 0 N–H and O–H groups in total. The number of carbonyl (C=O) groups is 3. The van der Waals surface area contributed by atoms with Gasteiger partial charge in [0.15, 0.2) is 0 Å². The number of rotatable bonds is 6. The Balaban J connectivity index is 1.73. The Labute approximate surface area is 165 Å². The van der Waals surface area contributed by atoms with Crippen LogP contribution in [0.25, 0.3) is 0 Å². The molecule has 1 saturated heterocycles. The molecule has 2 amide bonds. The molecular weight excluding hydrogens is 360 g/mol. The minimum absolute atomic E-state index is 0.0274. The van der Waals surface area contributed by atoms with Gasteiger partial charge in [0.05, 0.1) is 13.2 Å². The zero-order chi connectivity index (χ0) is 20.3. The minimum atomic E-state index is -0.434. The molecule has 0 atom stereocenters. The average molecular weight is 388 g/mol. The fraction of sp³-hybridized carbons (Fsp3) is 0.571. The van der Waals surface area contributed by atoms with Crippen LogP contribution in [0, 0.1) is 5.92 Å². The first kappa shape index (κ1) is 20.2. The van der Waals surface area contributed by atoms with Gasteiger partial charge in [0, 0.05) is 38.7 Å². The van der Waals surface area contributed by atoms with Gasteiger partial charge in [0.25, 0.3) is 5.91 Å². The van der Waals surface area contributed by atoms with Crippen molar-refractivity contribution < 1.29 is 23.9 Å². The lowest BCUT2D eigenvalue weighted by Gasteiger charge is -2.33. The van der Waals surface area contributed by atoms with Gasteiger partial charge in [-0.2, -0.15) is 0 Å². The lowest BCUT2D eigenvalue weighted by atomic mass is 9.96. The lowest BCUT2D eigenvalue weighted by molar-refractivity contribution is -0.130. The lowest BCUT2D eigenvalue weighted by Crippen LogP contribution is -2.40. The number of fused-ring (bicyclic) bond motifs is 1. The highest BCUT2D eigenvalue weighted by Crippen LogP contribution is 2.32. The van der Waals surface area contributed by atoms with Crippen LogP contribution in [0.3, 0.4) is 0 Å². The average Bonchev–Trinajstić information content (AvgIpc) is 2.97. The number of hydrogen-bond donors (Lipinski definition) is 0. The maximum Gasteiger partial charge on any atom is 0.341 e. The molecule has 152 valence electrons. The van der Waals surface area contributed by atoms with Gasteiger partial charge >= 0.3 is 5.97 Å². The quantitative estimate of drug-likeness (QED) is 0.700. The van der Waals surface area contributed by atoms with E-state index in [1.54, 1.807) is 26.0 Å². The van der Waals surface area contributed by atoms with E-state index >= 15 is 0 Å². The van der Waals surface area contributed by atoms with Crippen LogP contribution in [0.1, 0.15) is 59.9 Å². The fourth-order valence-corrected chi connectivity index (χ4v) is 3.94. The standard InChI is InChI=1S/C21H28N2O5/c1-4-27-19-11-17-16(10-18(19)21(26)28-5-2)13-23(20(17)25)12-15-6-8-22(9-7-15)14(3)24/h10-11,15H,4-9,12-13H2,1-3H3. The molecule has 2 aliphatic rings. The van der Waals surface area contributed by atoms with Gasteiger partial charge in [-0.05, 0) is 50.3 Å². The van der Waals surface area contributed by atoms with Crippen LogP contribution in [0.4, 0.5) is 0 Å². The highest BCUT2D eigenvalue weighted by atomic mass is 16.5. The normalized spacial score (nSPS) is 16.9. The smallest absolute Gasteiger partial charge is 0.341 e. The second-order valence-corrected chi connectivity index (χ2v) is 7.29. The van der Waals surface area contributed by atoms with Crippen molar-refractivity contribution in [1.82, 2.24) is 9.80 Å². The number of ether oxygens (including phenoxy) is 2. The van der Waals surface area contributed by atoms with Crippen molar-refractivity contribution in [1.29, 1.82) is 0 Å². The molecule has 7 heteroatoms. The zero-order valence-corrected chi connectivity index (χ0v) is 16.8. The van der Waals surface area contributed by atoms with Crippen LogP contribution < -0.4 is 4.74 Å². The molecule has 1 aromatic carbocycles. The molecule has 0 saturated carbocycles. The van der Waals surface area contributed by atoms with E-state index in [4.69, 9.17) is 9.47 Å². The molecule has 0 unspecified atom stereocenters. The Kier molecular flexibility index (Phi) is 6.21. The molecule has 0 aromatic heterocycles. The molecule has 0 spiro atoms.